The van der Waals surface area contributed by atoms with Crippen LogP contribution in [0.2, 0.25) is 0 Å². The summed E-state index contributed by atoms with van der Waals surface area (Å²) in [7, 11) is 0. The van der Waals surface area contributed by atoms with Crippen LogP contribution in [0.25, 0.3) is 0 Å². The van der Waals surface area contributed by atoms with Gasteiger partial charge in [0.2, 0.25) is 0 Å². The lowest BCUT2D eigenvalue weighted by molar-refractivity contribution is -0.267. The van der Waals surface area contributed by atoms with Crippen LogP contribution in [0.5, 0.6) is 0 Å². The highest BCUT2D eigenvalue weighted by Gasteiger charge is 2.60. The van der Waals surface area contributed by atoms with Crippen molar-refractivity contribution in [2.45, 2.75) is 115 Å². The van der Waals surface area contributed by atoms with Crippen LogP contribution >= 0.6 is 0 Å². The SMILES string of the molecule is CCOC1(O[C@@H]2C=C3CC[C@@H]4[C@H](CC[C@]5(C)[C@@H](O)CC[C@@H]45)[C@@]3(CO)CC2)CCCCC1. The molecule has 7 atom stereocenters. The van der Waals surface area contributed by atoms with Gasteiger partial charge in [-0.25, -0.2) is 0 Å². The first kappa shape index (κ1) is 22.4. The van der Waals surface area contributed by atoms with Crippen LogP contribution in [0.1, 0.15) is 97.3 Å². The third-order valence-electron chi connectivity index (χ3n) is 10.4. The second-order valence-electron chi connectivity index (χ2n) is 11.7. The fourth-order valence-corrected chi connectivity index (χ4v) is 8.78. The van der Waals surface area contributed by atoms with Gasteiger partial charge in [0.25, 0.3) is 0 Å². The van der Waals surface area contributed by atoms with Gasteiger partial charge in [0.05, 0.1) is 18.8 Å². The zero-order chi connectivity index (χ0) is 21.7. The van der Waals surface area contributed by atoms with Crippen molar-refractivity contribution in [3.8, 4) is 0 Å². The van der Waals surface area contributed by atoms with Crippen LogP contribution in [0, 0.1) is 28.6 Å². The zero-order valence-corrected chi connectivity index (χ0v) is 19.8. The van der Waals surface area contributed by atoms with Crippen molar-refractivity contribution in [1.82, 2.24) is 0 Å². The summed E-state index contributed by atoms with van der Waals surface area (Å²) in [6.07, 6.45) is 16.8. The van der Waals surface area contributed by atoms with Gasteiger partial charge in [0.15, 0.2) is 5.79 Å². The van der Waals surface area contributed by atoms with E-state index in [0.717, 1.165) is 51.4 Å². The van der Waals surface area contributed by atoms with E-state index < -0.39 is 5.79 Å². The Balaban J connectivity index is 1.37. The van der Waals surface area contributed by atoms with E-state index in [1.54, 1.807) is 0 Å². The molecule has 4 heteroatoms. The fraction of sp³-hybridized carbons (Fsp3) is 0.926. The molecule has 0 amide bonds. The summed E-state index contributed by atoms with van der Waals surface area (Å²) in [6.45, 7) is 5.40. The summed E-state index contributed by atoms with van der Waals surface area (Å²) in [4.78, 5) is 0. The van der Waals surface area contributed by atoms with Gasteiger partial charge in [-0.2, -0.15) is 0 Å². The fourth-order valence-electron chi connectivity index (χ4n) is 8.78. The second kappa shape index (κ2) is 8.42. The van der Waals surface area contributed by atoms with Crippen molar-refractivity contribution >= 4 is 0 Å². The number of aliphatic hydroxyl groups excluding tert-OH is 2. The van der Waals surface area contributed by atoms with Gasteiger partial charge < -0.3 is 19.7 Å². The minimum Gasteiger partial charge on any atom is -0.395 e. The summed E-state index contributed by atoms with van der Waals surface area (Å²) in [6, 6.07) is 0. The molecule has 176 valence electrons. The van der Waals surface area contributed by atoms with Crippen LogP contribution in [-0.4, -0.2) is 41.4 Å². The van der Waals surface area contributed by atoms with E-state index in [9.17, 15) is 10.2 Å². The van der Waals surface area contributed by atoms with Gasteiger partial charge in [-0.1, -0.05) is 25.0 Å². The minimum absolute atomic E-state index is 0.0526. The van der Waals surface area contributed by atoms with Crippen LogP contribution in [0.15, 0.2) is 11.6 Å². The molecular weight excluding hydrogens is 388 g/mol. The first-order valence-electron chi connectivity index (χ1n) is 13.3. The topological polar surface area (TPSA) is 58.9 Å². The average Bonchev–Trinajstić information content (AvgIpc) is 3.09. The lowest BCUT2D eigenvalue weighted by atomic mass is 9.47. The molecule has 0 saturated heterocycles. The van der Waals surface area contributed by atoms with Gasteiger partial charge in [-0.3, -0.25) is 0 Å². The van der Waals surface area contributed by atoms with E-state index >= 15 is 0 Å². The molecule has 4 saturated carbocycles. The number of hydrogen-bond donors (Lipinski definition) is 2. The Morgan fingerprint density at radius 3 is 2.52 bits per heavy atom. The highest BCUT2D eigenvalue weighted by Crippen LogP contribution is 2.65. The number of fused-ring (bicyclic) bond motifs is 5. The predicted octanol–water partition coefficient (Wildman–Crippen LogP) is 5.36. The molecule has 2 N–H and O–H groups in total. The Bertz CT molecular complexity index is 677. The third kappa shape index (κ3) is 3.55. The van der Waals surface area contributed by atoms with Crippen molar-refractivity contribution < 1.29 is 19.7 Å². The monoisotopic (exact) mass is 432 g/mol. The predicted molar refractivity (Wildman–Crippen MR) is 121 cm³/mol. The zero-order valence-electron chi connectivity index (χ0n) is 19.8. The summed E-state index contributed by atoms with van der Waals surface area (Å²) in [5.74, 6) is 1.46. The summed E-state index contributed by atoms with van der Waals surface area (Å²) >= 11 is 0. The standard InChI is InChI=1S/C27H44O4/c1-3-30-27(13-5-4-6-14-27)31-20-11-16-26(18-28)19(17-20)7-8-21-22-9-10-24(29)25(22,2)15-12-23(21)26/h17,20-24,28-29H,3-16,18H2,1-2H3/t20-,21-,22-,23-,24-,25-,26+/m0/s1. The van der Waals surface area contributed by atoms with Gasteiger partial charge in [0.1, 0.15) is 0 Å². The normalized spacial score (nSPS) is 46.6. The molecule has 4 nitrogen and oxygen atoms in total. The molecule has 5 aliphatic rings. The van der Waals surface area contributed by atoms with E-state index in [1.807, 2.05) is 0 Å². The Kier molecular flexibility index (Phi) is 6.07. The Morgan fingerprint density at radius 1 is 0.968 bits per heavy atom. The molecule has 0 aromatic rings. The number of hydrogen-bond acceptors (Lipinski definition) is 4. The Labute approximate surface area is 188 Å². The second-order valence-corrected chi connectivity index (χ2v) is 11.7. The molecule has 0 bridgehead atoms. The first-order valence-corrected chi connectivity index (χ1v) is 13.3. The lowest BCUT2D eigenvalue weighted by Crippen LogP contribution is -2.54. The van der Waals surface area contributed by atoms with E-state index in [2.05, 4.69) is 19.9 Å². The maximum atomic E-state index is 10.8. The molecule has 4 fully saturated rings. The van der Waals surface area contributed by atoms with E-state index in [-0.39, 0.29) is 29.6 Å². The van der Waals surface area contributed by atoms with Crippen molar-refractivity contribution in [3.05, 3.63) is 11.6 Å². The van der Waals surface area contributed by atoms with Crippen LogP contribution in [-0.2, 0) is 9.47 Å². The quantitative estimate of drug-likeness (QED) is 0.453. The third-order valence-corrected chi connectivity index (χ3v) is 10.4. The van der Waals surface area contributed by atoms with E-state index in [1.165, 1.54) is 37.7 Å². The van der Waals surface area contributed by atoms with Gasteiger partial charge >= 0.3 is 0 Å². The lowest BCUT2D eigenvalue weighted by Gasteiger charge is -2.59. The Hall–Kier alpha value is -0.420. The van der Waals surface area contributed by atoms with Gasteiger partial charge in [-0.15, -0.1) is 0 Å². The maximum absolute atomic E-state index is 10.8. The molecule has 0 aromatic carbocycles. The molecule has 0 unspecified atom stereocenters. The molecule has 0 heterocycles. The minimum atomic E-state index is -0.391. The smallest absolute Gasteiger partial charge is 0.169 e. The molecule has 0 radical (unpaired) electrons. The highest BCUT2D eigenvalue weighted by molar-refractivity contribution is 5.27. The molecule has 5 aliphatic carbocycles. The van der Waals surface area contributed by atoms with Crippen molar-refractivity contribution in [3.63, 3.8) is 0 Å². The molecule has 5 rings (SSSR count). The van der Waals surface area contributed by atoms with Crippen LogP contribution in [0.3, 0.4) is 0 Å². The van der Waals surface area contributed by atoms with Gasteiger partial charge in [0, 0.05) is 24.9 Å². The van der Waals surface area contributed by atoms with E-state index in [0.29, 0.717) is 24.4 Å². The molecular formula is C27H44O4. The molecule has 0 aromatic heterocycles. The maximum Gasteiger partial charge on any atom is 0.169 e. The summed E-state index contributed by atoms with van der Waals surface area (Å²) < 4.78 is 12.9. The highest BCUT2D eigenvalue weighted by atomic mass is 16.7. The van der Waals surface area contributed by atoms with E-state index in [4.69, 9.17) is 9.47 Å². The Morgan fingerprint density at radius 2 is 1.77 bits per heavy atom. The van der Waals surface area contributed by atoms with Crippen LogP contribution < -0.4 is 0 Å². The molecule has 31 heavy (non-hydrogen) atoms. The van der Waals surface area contributed by atoms with Crippen molar-refractivity contribution in [2.24, 2.45) is 28.6 Å². The number of aliphatic hydroxyl groups is 2. The average molecular weight is 433 g/mol. The van der Waals surface area contributed by atoms with Crippen LogP contribution in [0.4, 0.5) is 0 Å². The largest absolute Gasteiger partial charge is 0.395 e. The summed E-state index contributed by atoms with van der Waals surface area (Å²) in [5, 5.41) is 21.5. The summed E-state index contributed by atoms with van der Waals surface area (Å²) in [5.41, 5.74) is 1.52. The first-order chi connectivity index (χ1) is 15.0. The molecule has 0 spiro atoms. The number of rotatable bonds is 5. The molecule has 0 aliphatic heterocycles. The van der Waals surface area contributed by atoms with Crippen molar-refractivity contribution in [1.29, 1.82) is 0 Å². The number of ether oxygens (including phenoxy) is 2. The van der Waals surface area contributed by atoms with Gasteiger partial charge in [-0.05, 0) is 94.3 Å². The van der Waals surface area contributed by atoms with Crippen molar-refractivity contribution in [2.75, 3.05) is 13.2 Å².